The van der Waals surface area contributed by atoms with Gasteiger partial charge in [-0.1, -0.05) is 0 Å². The van der Waals surface area contributed by atoms with Gasteiger partial charge in [0.15, 0.2) is 12.4 Å². The van der Waals surface area contributed by atoms with E-state index in [2.05, 4.69) is 15.2 Å². The molecule has 0 saturated heterocycles. The lowest BCUT2D eigenvalue weighted by Crippen LogP contribution is -2.21. The predicted molar refractivity (Wildman–Crippen MR) is 71.4 cm³/mol. The Bertz CT molecular complexity index is 791. The summed E-state index contributed by atoms with van der Waals surface area (Å²) in [5.41, 5.74) is 0.215. The van der Waals surface area contributed by atoms with E-state index in [1.54, 1.807) is 11.4 Å². The first-order valence-corrected chi connectivity index (χ1v) is 6.97. The van der Waals surface area contributed by atoms with Gasteiger partial charge in [-0.2, -0.15) is 18.3 Å². The summed E-state index contributed by atoms with van der Waals surface area (Å²) < 4.78 is 44.6. The van der Waals surface area contributed by atoms with Gasteiger partial charge >= 0.3 is 12.1 Å². The highest BCUT2D eigenvalue weighted by molar-refractivity contribution is 7.17. The van der Waals surface area contributed by atoms with E-state index in [9.17, 15) is 18.0 Å². The molecule has 0 saturated carbocycles. The molecule has 0 aliphatic carbocycles. The Labute approximate surface area is 125 Å². The molecule has 3 aromatic heterocycles. The van der Waals surface area contributed by atoms with Crippen LogP contribution in [0.2, 0.25) is 0 Å². The van der Waals surface area contributed by atoms with E-state index in [0.717, 1.165) is 4.57 Å². The van der Waals surface area contributed by atoms with E-state index in [0.29, 0.717) is 16.0 Å². The standard InChI is InChI=1S/C12H9F3N4O2S/c13-12(14,15)5-19-7-1-2-22-9(7)3-8(19)11(20)21-4-10-16-6-17-18-10/h1-3,6H,4-5H2,(H,16,17,18). The van der Waals surface area contributed by atoms with E-state index >= 15 is 0 Å². The molecule has 10 heteroatoms. The predicted octanol–water partition coefficient (Wildman–Crippen LogP) is 2.74. The second-order valence-corrected chi connectivity index (χ2v) is 5.36. The van der Waals surface area contributed by atoms with Gasteiger partial charge in [0.2, 0.25) is 0 Å². The number of hydrogen-bond donors (Lipinski definition) is 1. The lowest BCUT2D eigenvalue weighted by Gasteiger charge is -2.12. The monoisotopic (exact) mass is 330 g/mol. The second kappa shape index (κ2) is 5.44. The average molecular weight is 330 g/mol. The molecule has 1 N–H and O–H groups in total. The summed E-state index contributed by atoms with van der Waals surface area (Å²) in [5.74, 6) is -0.534. The van der Waals surface area contributed by atoms with Crippen molar-refractivity contribution in [2.24, 2.45) is 0 Å². The van der Waals surface area contributed by atoms with Crippen LogP contribution in [0, 0.1) is 0 Å². The zero-order valence-corrected chi connectivity index (χ0v) is 11.7. The SMILES string of the molecule is O=C(OCc1ncn[nH]1)c1cc2sccc2n1CC(F)(F)F. The third kappa shape index (κ3) is 2.96. The first-order chi connectivity index (χ1) is 10.4. The smallest absolute Gasteiger partial charge is 0.406 e. The summed E-state index contributed by atoms with van der Waals surface area (Å²) in [5, 5.41) is 7.75. The van der Waals surface area contributed by atoms with Gasteiger partial charge in [-0.15, -0.1) is 11.3 Å². The van der Waals surface area contributed by atoms with Crippen LogP contribution >= 0.6 is 11.3 Å². The highest BCUT2D eigenvalue weighted by Crippen LogP contribution is 2.29. The number of halogens is 3. The molecule has 0 aliphatic rings. The molecule has 0 aliphatic heterocycles. The molecular formula is C12H9F3N4O2S. The van der Waals surface area contributed by atoms with Gasteiger partial charge in [0, 0.05) is 0 Å². The number of aromatic amines is 1. The van der Waals surface area contributed by atoms with Crippen LogP contribution in [-0.4, -0.2) is 31.9 Å². The number of H-pyrrole nitrogens is 1. The minimum atomic E-state index is -4.44. The molecule has 0 fully saturated rings. The number of alkyl halides is 3. The summed E-state index contributed by atoms with van der Waals surface area (Å²) in [6, 6.07) is 2.94. The first-order valence-electron chi connectivity index (χ1n) is 6.09. The average Bonchev–Trinajstić information content (AvgIpc) is 3.12. The summed E-state index contributed by atoms with van der Waals surface area (Å²) in [6.07, 6.45) is -3.20. The lowest BCUT2D eigenvalue weighted by atomic mass is 10.4. The van der Waals surface area contributed by atoms with Crippen molar-refractivity contribution in [3.8, 4) is 0 Å². The summed E-state index contributed by atoms with van der Waals surface area (Å²) in [6.45, 7) is -1.44. The van der Waals surface area contributed by atoms with Crippen LogP contribution in [0.25, 0.3) is 10.2 Å². The van der Waals surface area contributed by atoms with Crippen LogP contribution in [0.4, 0.5) is 13.2 Å². The molecule has 3 heterocycles. The van der Waals surface area contributed by atoms with Crippen molar-refractivity contribution in [1.82, 2.24) is 19.7 Å². The Balaban J connectivity index is 1.86. The number of rotatable bonds is 4. The van der Waals surface area contributed by atoms with Crippen molar-refractivity contribution < 1.29 is 22.7 Å². The van der Waals surface area contributed by atoms with Crippen LogP contribution in [0.3, 0.4) is 0 Å². The molecule has 6 nitrogen and oxygen atoms in total. The van der Waals surface area contributed by atoms with E-state index < -0.39 is 18.7 Å². The quantitative estimate of drug-likeness (QED) is 0.747. The van der Waals surface area contributed by atoms with Crippen molar-refractivity contribution in [3.05, 3.63) is 35.4 Å². The largest absolute Gasteiger partial charge is 0.453 e. The molecule has 0 bridgehead atoms. The zero-order valence-electron chi connectivity index (χ0n) is 10.9. The molecular weight excluding hydrogens is 321 g/mol. The molecule has 3 rings (SSSR count). The number of esters is 1. The fourth-order valence-corrected chi connectivity index (χ4v) is 2.83. The van der Waals surface area contributed by atoms with Gasteiger partial charge in [0.05, 0.1) is 10.2 Å². The van der Waals surface area contributed by atoms with Crippen molar-refractivity contribution in [3.63, 3.8) is 0 Å². The summed E-state index contributed by atoms with van der Waals surface area (Å²) >= 11 is 1.26. The van der Waals surface area contributed by atoms with Crippen LogP contribution in [0.1, 0.15) is 16.3 Å². The fraction of sp³-hybridized carbons (Fsp3) is 0.250. The maximum atomic E-state index is 12.7. The lowest BCUT2D eigenvalue weighted by molar-refractivity contribution is -0.140. The Hall–Kier alpha value is -2.36. The molecule has 0 amide bonds. The molecule has 0 aromatic carbocycles. The van der Waals surface area contributed by atoms with Gasteiger partial charge in [-0.3, -0.25) is 5.10 Å². The maximum Gasteiger partial charge on any atom is 0.406 e. The number of fused-ring (bicyclic) bond motifs is 1. The minimum absolute atomic E-state index is 0.140. The van der Waals surface area contributed by atoms with Crippen LogP contribution in [0.5, 0.6) is 0 Å². The van der Waals surface area contributed by atoms with E-state index in [1.807, 2.05) is 0 Å². The third-order valence-electron chi connectivity index (χ3n) is 2.87. The highest BCUT2D eigenvalue weighted by atomic mass is 32.1. The molecule has 0 spiro atoms. The number of ether oxygens (including phenoxy) is 1. The maximum absolute atomic E-state index is 12.7. The third-order valence-corrected chi connectivity index (χ3v) is 3.73. The second-order valence-electron chi connectivity index (χ2n) is 4.41. The van der Waals surface area contributed by atoms with Crippen LogP contribution in [-0.2, 0) is 17.9 Å². The highest BCUT2D eigenvalue weighted by Gasteiger charge is 2.31. The number of thiophene rings is 1. The van der Waals surface area contributed by atoms with Crippen molar-refractivity contribution >= 4 is 27.5 Å². The molecule has 22 heavy (non-hydrogen) atoms. The number of aromatic nitrogens is 4. The Morgan fingerprint density at radius 3 is 2.95 bits per heavy atom. The summed E-state index contributed by atoms with van der Waals surface area (Å²) in [7, 11) is 0. The Morgan fingerprint density at radius 1 is 1.45 bits per heavy atom. The van der Waals surface area contributed by atoms with E-state index in [-0.39, 0.29) is 12.3 Å². The van der Waals surface area contributed by atoms with Crippen LogP contribution < -0.4 is 0 Å². The van der Waals surface area contributed by atoms with E-state index in [4.69, 9.17) is 4.74 Å². The number of hydrogen-bond acceptors (Lipinski definition) is 5. The number of nitrogens with one attached hydrogen (secondary N) is 1. The van der Waals surface area contributed by atoms with Crippen molar-refractivity contribution in [2.45, 2.75) is 19.3 Å². The Kier molecular flexibility index (Phi) is 3.61. The number of carbonyl (C=O) groups excluding carboxylic acids is 1. The van der Waals surface area contributed by atoms with Crippen molar-refractivity contribution in [1.29, 1.82) is 0 Å². The molecule has 0 atom stereocenters. The van der Waals surface area contributed by atoms with Gasteiger partial charge in [-0.25, -0.2) is 9.78 Å². The number of carbonyl (C=O) groups is 1. The normalized spacial score (nSPS) is 12.0. The van der Waals surface area contributed by atoms with E-state index in [1.165, 1.54) is 23.7 Å². The van der Waals surface area contributed by atoms with Crippen LogP contribution in [0.15, 0.2) is 23.8 Å². The van der Waals surface area contributed by atoms with Gasteiger partial charge in [0.25, 0.3) is 0 Å². The summed E-state index contributed by atoms with van der Waals surface area (Å²) in [4.78, 5) is 15.8. The van der Waals surface area contributed by atoms with Crippen molar-refractivity contribution in [2.75, 3.05) is 0 Å². The molecule has 3 aromatic rings. The topological polar surface area (TPSA) is 72.8 Å². The molecule has 0 unspecified atom stereocenters. The Morgan fingerprint density at radius 2 is 2.27 bits per heavy atom. The van der Waals surface area contributed by atoms with Gasteiger partial charge in [0.1, 0.15) is 18.6 Å². The van der Waals surface area contributed by atoms with Gasteiger partial charge < -0.3 is 9.30 Å². The zero-order chi connectivity index (χ0) is 15.7. The van der Waals surface area contributed by atoms with Gasteiger partial charge in [-0.05, 0) is 17.5 Å². The number of nitrogens with zero attached hydrogens (tertiary/aromatic N) is 3. The fourth-order valence-electron chi connectivity index (χ4n) is 2.00. The minimum Gasteiger partial charge on any atom is -0.453 e. The first kappa shape index (κ1) is 14.6. The molecule has 0 radical (unpaired) electrons. The molecule has 116 valence electrons.